The van der Waals surface area contributed by atoms with E-state index >= 15 is 0 Å². The molecule has 4 saturated carbocycles. The highest BCUT2D eigenvalue weighted by atomic mass is 16.5. The van der Waals surface area contributed by atoms with Gasteiger partial charge in [-0.3, -0.25) is 9.59 Å². The summed E-state index contributed by atoms with van der Waals surface area (Å²) < 4.78 is 5.17. The minimum atomic E-state index is 0.0133. The van der Waals surface area contributed by atoms with Crippen LogP contribution in [0.25, 0.3) is 0 Å². The number of amides is 1. The first kappa shape index (κ1) is 17.1. The predicted molar refractivity (Wildman–Crippen MR) is 98.1 cm³/mol. The molecule has 1 aliphatic heterocycles. The zero-order valence-corrected chi connectivity index (χ0v) is 16.5. The van der Waals surface area contributed by atoms with E-state index in [0.717, 1.165) is 25.2 Å². The lowest BCUT2D eigenvalue weighted by Crippen LogP contribution is -2.65. The molecule has 5 aliphatic rings. The zero-order chi connectivity index (χ0) is 18.3. The molecule has 0 bridgehead atoms. The average Bonchev–Trinajstić information content (AvgIpc) is 3.29. The van der Waals surface area contributed by atoms with E-state index in [1.165, 1.54) is 32.1 Å². The topological polar surface area (TPSA) is 55.4 Å². The Hall–Kier alpha value is -1.06. The molecular formula is C22H33NO3. The third kappa shape index (κ3) is 2.02. The maximum atomic E-state index is 12.4. The van der Waals surface area contributed by atoms with E-state index < -0.39 is 0 Å². The van der Waals surface area contributed by atoms with Gasteiger partial charge in [0.2, 0.25) is 5.91 Å². The molecule has 4 nitrogen and oxygen atoms in total. The van der Waals surface area contributed by atoms with Crippen LogP contribution in [0.15, 0.2) is 0 Å². The zero-order valence-electron chi connectivity index (χ0n) is 16.5. The number of hydrogen-bond donors (Lipinski definition) is 1. The number of rotatable bonds is 1. The fourth-order valence-electron chi connectivity index (χ4n) is 8.34. The standard InChI is InChI=1S/C22H33NO3/c1-20-8-6-15-13(14(20)4-5-16(20)18(25)26-3)12-22(10-11-22)19-21(15,2)9-7-17(24)23-19/h13-16,19H,4-12H2,1-3H3,(H,23,24). The van der Waals surface area contributed by atoms with Crippen molar-refractivity contribution in [1.29, 1.82) is 0 Å². The van der Waals surface area contributed by atoms with Gasteiger partial charge in [0.25, 0.3) is 0 Å². The Morgan fingerprint density at radius 1 is 1.04 bits per heavy atom. The Morgan fingerprint density at radius 3 is 2.46 bits per heavy atom. The number of carbonyl (C=O) groups excluding carboxylic acids is 2. The maximum Gasteiger partial charge on any atom is 0.309 e. The van der Waals surface area contributed by atoms with Crippen LogP contribution in [0.4, 0.5) is 0 Å². The Kier molecular flexibility index (Phi) is 3.45. The van der Waals surface area contributed by atoms with Crippen LogP contribution in [0.1, 0.15) is 71.6 Å². The summed E-state index contributed by atoms with van der Waals surface area (Å²) in [5.74, 6) is 2.45. The lowest BCUT2D eigenvalue weighted by atomic mass is 9.44. The molecule has 1 N–H and O–H groups in total. The van der Waals surface area contributed by atoms with Gasteiger partial charge in [-0.05, 0) is 85.4 Å². The second-order valence-electron chi connectivity index (χ2n) is 10.6. The molecule has 144 valence electrons. The van der Waals surface area contributed by atoms with Crippen LogP contribution in [0.3, 0.4) is 0 Å². The third-order valence-corrected chi connectivity index (χ3v) is 9.77. The minimum absolute atomic E-state index is 0.0133. The minimum Gasteiger partial charge on any atom is -0.469 e. The molecule has 7 atom stereocenters. The van der Waals surface area contributed by atoms with Gasteiger partial charge < -0.3 is 10.1 Å². The van der Waals surface area contributed by atoms with Crippen molar-refractivity contribution in [1.82, 2.24) is 5.32 Å². The number of fused-ring (bicyclic) bond motifs is 6. The van der Waals surface area contributed by atoms with E-state index in [1.54, 1.807) is 7.11 Å². The van der Waals surface area contributed by atoms with Crippen LogP contribution < -0.4 is 5.32 Å². The quantitative estimate of drug-likeness (QED) is 0.727. The molecule has 0 aromatic heterocycles. The van der Waals surface area contributed by atoms with Crippen molar-refractivity contribution < 1.29 is 14.3 Å². The molecule has 1 spiro atoms. The van der Waals surface area contributed by atoms with Gasteiger partial charge in [-0.2, -0.15) is 0 Å². The molecule has 1 saturated heterocycles. The highest BCUT2D eigenvalue weighted by molar-refractivity contribution is 5.77. The van der Waals surface area contributed by atoms with Crippen LogP contribution in [0, 0.1) is 39.9 Å². The van der Waals surface area contributed by atoms with Crippen molar-refractivity contribution in [2.24, 2.45) is 39.9 Å². The van der Waals surface area contributed by atoms with E-state index in [1.807, 2.05) is 0 Å². The number of carbonyl (C=O) groups is 2. The Labute approximate surface area is 156 Å². The molecule has 5 rings (SSSR count). The molecular weight excluding hydrogens is 326 g/mol. The highest BCUT2D eigenvalue weighted by Gasteiger charge is 2.69. The first-order chi connectivity index (χ1) is 12.3. The summed E-state index contributed by atoms with van der Waals surface area (Å²) in [5, 5.41) is 3.44. The summed E-state index contributed by atoms with van der Waals surface area (Å²) in [6, 6.07) is 0.389. The number of hydrogen-bond acceptors (Lipinski definition) is 3. The first-order valence-electron chi connectivity index (χ1n) is 10.7. The highest BCUT2D eigenvalue weighted by Crippen LogP contribution is 2.72. The maximum absolute atomic E-state index is 12.4. The summed E-state index contributed by atoms with van der Waals surface area (Å²) in [5.41, 5.74) is 0.719. The van der Waals surface area contributed by atoms with Gasteiger partial charge in [-0.25, -0.2) is 0 Å². The lowest BCUT2D eigenvalue weighted by Gasteiger charge is -2.62. The van der Waals surface area contributed by atoms with Crippen molar-refractivity contribution in [2.45, 2.75) is 77.7 Å². The normalized spacial score (nSPS) is 51.0. The van der Waals surface area contributed by atoms with Crippen molar-refractivity contribution in [3.05, 3.63) is 0 Å². The number of esters is 1. The van der Waals surface area contributed by atoms with Gasteiger partial charge in [0.15, 0.2) is 0 Å². The second kappa shape index (κ2) is 5.26. The number of nitrogens with one attached hydrogen (secondary N) is 1. The van der Waals surface area contributed by atoms with Crippen molar-refractivity contribution in [3.8, 4) is 0 Å². The summed E-state index contributed by atoms with van der Waals surface area (Å²) in [4.78, 5) is 24.6. The van der Waals surface area contributed by atoms with Crippen molar-refractivity contribution in [2.75, 3.05) is 7.11 Å². The van der Waals surface area contributed by atoms with E-state index in [-0.39, 0.29) is 28.6 Å². The van der Waals surface area contributed by atoms with E-state index in [0.29, 0.717) is 29.7 Å². The van der Waals surface area contributed by atoms with Gasteiger partial charge in [0, 0.05) is 12.5 Å². The van der Waals surface area contributed by atoms with Gasteiger partial charge in [0.1, 0.15) is 0 Å². The van der Waals surface area contributed by atoms with Crippen LogP contribution >= 0.6 is 0 Å². The summed E-state index contributed by atoms with van der Waals surface area (Å²) in [6.45, 7) is 4.85. The van der Waals surface area contributed by atoms with E-state index in [2.05, 4.69) is 19.2 Å². The molecule has 4 aliphatic carbocycles. The second-order valence-corrected chi connectivity index (χ2v) is 10.6. The molecule has 4 heteroatoms. The Bertz CT molecular complexity index is 656. The van der Waals surface area contributed by atoms with Gasteiger partial charge in [-0.15, -0.1) is 0 Å². The SMILES string of the molecule is COC(=O)C1CCC2C3CC4(CC4)C4NC(=O)CCC4(C)C3CCC12C. The smallest absolute Gasteiger partial charge is 0.309 e. The summed E-state index contributed by atoms with van der Waals surface area (Å²) >= 11 is 0. The van der Waals surface area contributed by atoms with Crippen LogP contribution in [-0.4, -0.2) is 25.0 Å². The van der Waals surface area contributed by atoms with Gasteiger partial charge in [-0.1, -0.05) is 13.8 Å². The van der Waals surface area contributed by atoms with Gasteiger partial charge >= 0.3 is 5.97 Å². The number of ether oxygens (including phenoxy) is 1. The fraction of sp³-hybridized carbons (Fsp3) is 0.909. The van der Waals surface area contributed by atoms with E-state index in [9.17, 15) is 9.59 Å². The molecule has 0 radical (unpaired) electrons. The average molecular weight is 360 g/mol. The number of methoxy groups -OCH3 is 1. The molecule has 1 amide bonds. The van der Waals surface area contributed by atoms with Crippen molar-refractivity contribution >= 4 is 11.9 Å². The van der Waals surface area contributed by atoms with Crippen LogP contribution in [0.5, 0.6) is 0 Å². The predicted octanol–water partition coefficient (Wildman–Crippen LogP) is 3.69. The van der Waals surface area contributed by atoms with Gasteiger partial charge in [0.05, 0.1) is 13.0 Å². The molecule has 5 fully saturated rings. The lowest BCUT2D eigenvalue weighted by molar-refractivity contribution is -0.160. The summed E-state index contributed by atoms with van der Waals surface area (Å²) in [7, 11) is 1.54. The number of piperidine rings is 1. The largest absolute Gasteiger partial charge is 0.469 e. The molecule has 0 aromatic carbocycles. The fourth-order valence-corrected chi connectivity index (χ4v) is 8.34. The van der Waals surface area contributed by atoms with Crippen LogP contribution in [0.2, 0.25) is 0 Å². The first-order valence-corrected chi connectivity index (χ1v) is 10.7. The third-order valence-electron chi connectivity index (χ3n) is 9.77. The Balaban J connectivity index is 1.50. The molecule has 0 aromatic rings. The molecule has 7 unspecified atom stereocenters. The monoisotopic (exact) mass is 359 g/mol. The van der Waals surface area contributed by atoms with Crippen molar-refractivity contribution in [3.63, 3.8) is 0 Å². The Morgan fingerprint density at radius 2 is 1.77 bits per heavy atom. The van der Waals surface area contributed by atoms with Crippen LogP contribution in [-0.2, 0) is 14.3 Å². The summed E-state index contributed by atoms with van der Waals surface area (Å²) in [6.07, 6.45) is 10.1. The molecule has 1 heterocycles. The molecule has 26 heavy (non-hydrogen) atoms. The van der Waals surface area contributed by atoms with E-state index in [4.69, 9.17) is 4.74 Å².